The van der Waals surface area contributed by atoms with E-state index in [1.165, 1.54) is 31.4 Å². The summed E-state index contributed by atoms with van der Waals surface area (Å²) in [5.74, 6) is 0.490. The fourth-order valence-corrected chi connectivity index (χ4v) is 4.89. The number of nitrogens with zero attached hydrogens (tertiary/aromatic N) is 5. The van der Waals surface area contributed by atoms with Gasteiger partial charge in [-0.05, 0) is 59.4 Å². The molecule has 0 spiro atoms. The second-order valence-corrected chi connectivity index (χ2v) is 10.7. The van der Waals surface area contributed by atoms with E-state index in [0.29, 0.717) is 17.1 Å². The van der Waals surface area contributed by atoms with Crippen LogP contribution in [0.3, 0.4) is 0 Å². The normalized spacial score (nSPS) is 17.3. The number of pyridine rings is 1. The van der Waals surface area contributed by atoms with Gasteiger partial charge in [0.1, 0.15) is 24.3 Å². The molecule has 0 aromatic carbocycles. The van der Waals surface area contributed by atoms with Crippen molar-refractivity contribution < 1.29 is 27.4 Å². The molecule has 212 valence electrons. The summed E-state index contributed by atoms with van der Waals surface area (Å²) in [6.45, 7) is 4.74. The minimum absolute atomic E-state index is 0.0208. The number of nitrogen functional groups attached to an aromatic ring is 1. The third-order valence-electron chi connectivity index (χ3n) is 6.93. The van der Waals surface area contributed by atoms with Crippen LogP contribution in [-0.4, -0.2) is 56.6 Å². The topological polar surface area (TPSA) is 131 Å². The molecule has 2 aliphatic rings. The van der Waals surface area contributed by atoms with Crippen molar-refractivity contribution in [2.24, 2.45) is 0 Å². The van der Waals surface area contributed by atoms with E-state index in [9.17, 15) is 18.0 Å². The largest absolute Gasteiger partial charge is 0.474 e. The van der Waals surface area contributed by atoms with Gasteiger partial charge in [-0.2, -0.15) is 13.2 Å². The van der Waals surface area contributed by atoms with Gasteiger partial charge in [-0.25, -0.2) is 15.0 Å². The summed E-state index contributed by atoms with van der Waals surface area (Å²) in [4.78, 5) is 28.7. The van der Waals surface area contributed by atoms with Gasteiger partial charge in [0, 0.05) is 12.1 Å². The number of halogens is 3. The van der Waals surface area contributed by atoms with Gasteiger partial charge in [-0.3, -0.25) is 15.1 Å². The van der Waals surface area contributed by atoms with Gasteiger partial charge in [-0.1, -0.05) is 6.42 Å². The Labute approximate surface area is 225 Å². The molecule has 1 aliphatic carbocycles. The number of alkyl halides is 3. The number of carbonyl (C=O) groups excluding carboxylic acids is 1. The summed E-state index contributed by atoms with van der Waals surface area (Å²) >= 11 is 0. The predicted molar refractivity (Wildman–Crippen MR) is 139 cm³/mol. The van der Waals surface area contributed by atoms with Crippen LogP contribution in [-0.2, 0) is 21.6 Å². The summed E-state index contributed by atoms with van der Waals surface area (Å²) < 4.78 is 50.2. The number of nitrogens with two attached hydrogens (primary N) is 1. The average molecular weight is 550 g/mol. The van der Waals surface area contributed by atoms with E-state index in [2.05, 4.69) is 15.0 Å². The van der Waals surface area contributed by atoms with Gasteiger partial charge in [0.05, 0.1) is 22.9 Å². The smallest absolute Gasteiger partial charge is 0.406 e. The number of fused-ring (bicyclic) bond motifs is 1. The first-order valence-electron chi connectivity index (χ1n) is 13.0. The fraction of sp³-hybridized carbons (Fsp3) is 0.577. The molecule has 0 bridgehead atoms. The third-order valence-corrected chi connectivity index (χ3v) is 6.93. The van der Waals surface area contributed by atoms with Crippen LogP contribution in [0.4, 0.5) is 30.5 Å². The Kier molecular flexibility index (Phi) is 7.89. The molecule has 1 saturated carbocycles. The van der Waals surface area contributed by atoms with E-state index in [0.717, 1.165) is 30.6 Å². The number of hydrogen-bond donors (Lipinski definition) is 2. The van der Waals surface area contributed by atoms with Crippen LogP contribution in [0.25, 0.3) is 0 Å². The molecule has 39 heavy (non-hydrogen) atoms. The van der Waals surface area contributed by atoms with Crippen molar-refractivity contribution in [1.29, 1.82) is 5.41 Å². The van der Waals surface area contributed by atoms with Gasteiger partial charge in [0.2, 0.25) is 11.8 Å². The lowest BCUT2D eigenvalue weighted by Crippen LogP contribution is -2.44. The third kappa shape index (κ3) is 6.17. The lowest BCUT2D eigenvalue weighted by molar-refractivity contribution is -0.142. The number of hydrogen-bond acceptors (Lipinski definition) is 8. The van der Waals surface area contributed by atoms with Crippen LogP contribution in [0.2, 0.25) is 0 Å². The molecule has 0 unspecified atom stereocenters. The second-order valence-electron chi connectivity index (χ2n) is 10.7. The number of anilines is 3. The molecule has 0 saturated heterocycles. The Morgan fingerprint density at radius 3 is 2.51 bits per heavy atom. The van der Waals surface area contributed by atoms with E-state index in [1.807, 2.05) is 0 Å². The monoisotopic (exact) mass is 549 g/mol. The molecule has 4 rings (SSSR count). The lowest BCUT2D eigenvalue weighted by Gasteiger charge is -2.29. The molecule has 10 nitrogen and oxygen atoms in total. The van der Waals surface area contributed by atoms with Crippen LogP contribution in [0.15, 0.2) is 18.3 Å². The van der Waals surface area contributed by atoms with Gasteiger partial charge < -0.3 is 20.1 Å². The molecule has 13 heteroatoms. The Hall–Kier alpha value is -3.64. The molecule has 1 amide bonds. The van der Waals surface area contributed by atoms with Crippen molar-refractivity contribution in [1.82, 2.24) is 19.9 Å². The molecular weight excluding hydrogens is 515 g/mol. The van der Waals surface area contributed by atoms with E-state index in [-0.39, 0.29) is 29.5 Å². The molecule has 1 fully saturated rings. The highest BCUT2D eigenvalue weighted by Gasteiger charge is 2.48. The maximum Gasteiger partial charge on any atom is 0.406 e. The first-order chi connectivity index (χ1) is 18.3. The fourth-order valence-electron chi connectivity index (χ4n) is 4.89. The van der Waals surface area contributed by atoms with Gasteiger partial charge >= 0.3 is 6.18 Å². The highest BCUT2D eigenvalue weighted by atomic mass is 19.4. The average Bonchev–Trinajstić information content (AvgIpc) is 3.06. The van der Waals surface area contributed by atoms with Crippen LogP contribution in [0.5, 0.6) is 5.88 Å². The van der Waals surface area contributed by atoms with Crippen molar-refractivity contribution in [3.63, 3.8) is 0 Å². The first-order valence-corrected chi connectivity index (χ1v) is 13.0. The van der Waals surface area contributed by atoms with Crippen molar-refractivity contribution in [3.8, 4) is 5.88 Å². The summed E-state index contributed by atoms with van der Waals surface area (Å²) in [6, 6.07) is 2.13. The Balaban J connectivity index is 1.56. The number of aromatic nitrogens is 3. The first kappa shape index (κ1) is 28.4. The predicted octanol–water partition coefficient (Wildman–Crippen LogP) is 4.85. The minimum Gasteiger partial charge on any atom is -0.474 e. The van der Waals surface area contributed by atoms with Crippen molar-refractivity contribution in [3.05, 3.63) is 29.7 Å². The Morgan fingerprint density at radius 1 is 1.23 bits per heavy atom. The van der Waals surface area contributed by atoms with Crippen molar-refractivity contribution in [2.45, 2.75) is 90.1 Å². The van der Waals surface area contributed by atoms with E-state index < -0.39 is 36.8 Å². The summed E-state index contributed by atoms with van der Waals surface area (Å²) in [5, 5.41) is 8.03. The molecule has 0 atom stereocenters. The number of carbonyl (C=O) groups is 1. The van der Waals surface area contributed by atoms with Crippen LogP contribution in [0.1, 0.15) is 71.2 Å². The number of amides is 1. The zero-order chi connectivity index (χ0) is 28.5. The maximum atomic E-state index is 13.5. The van der Waals surface area contributed by atoms with Crippen molar-refractivity contribution >= 4 is 29.3 Å². The van der Waals surface area contributed by atoms with E-state index in [4.69, 9.17) is 20.6 Å². The molecule has 3 N–H and O–H groups in total. The standard InChI is InChI=1S/C26H34F3N7O3/c1-15(2)35(14-26(27,28)29)24(31)38-13-18-33-21(30)20-22(34-18)36(23(37)25(20,3)4)16-10-11-19(32-12-16)39-17-8-6-5-7-9-17/h10-12,15,17,31H,5-9,13-14H2,1-4H3,(H2,30,33,34). The SMILES string of the molecule is CC(C)N(CC(F)(F)F)C(=N)OCc1nc(N)c2c(n1)N(c1ccc(OC3CCCCC3)nc1)C(=O)C2(C)C. The maximum absolute atomic E-state index is 13.5. The molecular formula is C26H34F3N7O3. The number of amidine groups is 1. The quantitative estimate of drug-likeness (QED) is 0.370. The Bertz CT molecular complexity index is 1210. The van der Waals surface area contributed by atoms with Crippen LogP contribution in [0, 0.1) is 5.41 Å². The molecule has 2 aromatic rings. The molecule has 0 radical (unpaired) electrons. The molecule has 3 heterocycles. The summed E-state index contributed by atoms with van der Waals surface area (Å²) in [5.41, 5.74) is 6.09. The minimum atomic E-state index is -4.51. The molecule has 2 aromatic heterocycles. The molecule has 1 aliphatic heterocycles. The van der Waals surface area contributed by atoms with Crippen LogP contribution < -0.4 is 15.4 Å². The Morgan fingerprint density at radius 2 is 1.92 bits per heavy atom. The number of nitrogens with one attached hydrogen (secondary N) is 1. The van der Waals surface area contributed by atoms with Gasteiger partial charge in [0.15, 0.2) is 12.4 Å². The summed E-state index contributed by atoms with van der Waals surface area (Å²) in [6.07, 6.45) is 2.58. The second kappa shape index (κ2) is 10.9. The zero-order valence-electron chi connectivity index (χ0n) is 22.5. The van der Waals surface area contributed by atoms with Crippen molar-refractivity contribution in [2.75, 3.05) is 17.2 Å². The lowest BCUT2D eigenvalue weighted by atomic mass is 9.87. The van der Waals surface area contributed by atoms with Gasteiger partial charge in [-0.15, -0.1) is 0 Å². The highest BCUT2D eigenvalue weighted by Crippen LogP contribution is 2.46. The zero-order valence-corrected chi connectivity index (χ0v) is 22.5. The van der Waals surface area contributed by atoms with Crippen LogP contribution >= 0.6 is 0 Å². The van der Waals surface area contributed by atoms with E-state index in [1.54, 1.807) is 26.0 Å². The summed E-state index contributed by atoms with van der Waals surface area (Å²) in [7, 11) is 0. The number of rotatable bonds is 7. The highest BCUT2D eigenvalue weighted by molar-refractivity contribution is 6.12. The number of ether oxygens (including phenoxy) is 2. The van der Waals surface area contributed by atoms with E-state index >= 15 is 0 Å². The van der Waals surface area contributed by atoms with Gasteiger partial charge in [0.25, 0.3) is 6.02 Å².